The molecule has 1 unspecified atom stereocenters. The number of nitrogens with zero attached hydrogens (tertiary/aromatic N) is 1. The summed E-state index contributed by atoms with van der Waals surface area (Å²) in [5.41, 5.74) is 0.821. The summed E-state index contributed by atoms with van der Waals surface area (Å²) in [5, 5.41) is 2.24. The van der Waals surface area contributed by atoms with E-state index in [0.29, 0.717) is 0 Å². The Morgan fingerprint density at radius 1 is 1.33 bits per heavy atom. The van der Waals surface area contributed by atoms with Crippen molar-refractivity contribution >= 4 is 62.8 Å². The van der Waals surface area contributed by atoms with E-state index in [0.717, 1.165) is 21.0 Å². The molecule has 2 rings (SSSR count). The molecule has 0 spiro atoms. The van der Waals surface area contributed by atoms with E-state index in [1.54, 1.807) is 0 Å². The first-order valence-electron chi connectivity index (χ1n) is 5.22. The lowest BCUT2D eigenvalue weighted by Crippen LogP contribution is -2.35. The molecule has 0 bridgehead atoms. The number of amides is 2. The SMILES string of the molecule is O=C1SC(Nc2ccc(I)cc2)C(=O)N1CCCl. The highest BCUT2D eigenvalue weighted by Crippen LogP contribution is 2.28. The molecule has 0 saturated carbocycles. The van der Waals surface area contributed by atoms with E-state index < -0.39 is 5.37 Å². The summed E-state index contributed by atoms with van der Waals surface area (Å²) in [6.07, 6.45) is 0. The van der Waals surface area contributed by atoms with Crippen molar-refractivity contribution in [2.24, 2.45) is 0 Å². The summed E-state index contributed by atoms with van der Waals surface area (Å²) < 4.78 is 1.11. The molecule has 1 N–H and O–H groups in total. The van der Waals surface area contributed by atoms with Crippen LogP contribution in [0.3, 0.4) is 0 Å². The van der Waals surface area contributed by atoms with Crippen molar-refractivity contribution in [2.45, 2.75) is 5.37 Å². The number of thioether (sulfide) groups is 1. The number of alkyl halides is 1. The Morgan fingerprint density at radius 3 is 2.61 bits per heavy atom. The fourth-order valence-corrected chi connectivity index (χ4v) is 2.98. The van der Waals surface area contributed by atoms with Crippen LogP contribution < -0.4 is 5.32 Å². The Bertz CT molecular complexity index is 469. The fraction of sp³-hybridized carbons (Fsp3) is 0.273. The van der Waals surface area contributed by atoms with Crippen LogP contribution in [-0.2, 0) is 4.79 Å². The van der Waals surface area contributed by atoms with E-state index in [2.05, 4.69) is 27.9 Å². The third-order valence-electron chi connectivity index (χ3n) is 2.38. The number of benzene rings is 1. The molecule has 0 aliphatic carbocycles. The van der Waals surface area contributed by atoms with Crippen LogP contribution in [0.4, 0.5) is 10.5 Å². The Morgan fingerprint density at radius 2 is 2.00 bits per heavy atom. The zero-order chi connectivity index (χ0) is 13.1. The number of imide groups is 1. The minimum Gasteiger partial charge on any atom is -0.365 e. The highest BCUT2D eigenvalue weighted by atomic mass is 127. The van der Waals surface area contributed by atoms with E-state index in [1.165, 1.54) is 4.90 Å². The molecule has 1 heterocycles. The maximum atomic E-state index is 11.9. The zero-order valence-electron chi connectivity index (χ0n) is 9.23. The molecule has 18 heavy (non-hydrogen) atoms. The van der Waals surface area contributed by atoms with E-state index in [4.69, 9.17) is 11.6 Å². The van der Waals surface area contributed by atoms with Crippen molar-refractivity contribution in [3.63, 3.8) is 0 Å². The van der Waals surface area contributed by atoms with Crippen molar-refractivity contribution < 1.29 is 9.59 Å². The van der Waals surface area contributed by atoms with Crippen LogP contribution in [0.25, 0.3) is 0 Å². The van der Waals surface area contributed by atoms with Gasteiger partial charge in [0.15, 0.2) is 5.37 Å². The molecular weight excluding hydrogens is 387 g/mol. The fourth-order valence-electron chi connectivity index (χ4n) is 1.52. The van der Waals surface area contributed by atoms with Gasteiger partial charge in [-0.3, -0.25) is 14.5 Å². The van der Waals surface area contributed by atoms with Gasteiger partial charge < -0.3 is 5.32 Å². The largest absolute Gasteiger partial charge is 0.365 e. The number of carbonyl (C=O) groups excluding carboxylic acids is 2. The molecule has 1 aliphatic rings. The summed E-state index contributed by atoms with van der Waals surface area (Å²) in [5.74, 6) is 0.0260. The van der Waals surface area contributed by atoms with Gasteiger partial charge in [-0.2, -0.15) is 0 Å². The van der Waals surface area contributed by atoms with Gasteiger partial charge in [-0.1, -0.05) is 0 Å². The van der Waals surface area contributed by atoms with Gasteiger partial charge in [0.25, 0.3) is 11.1 Å². The molecule has 1 saturated heterocycles. The van der Waals surface area contributed by atoms with E-state index in [1.807, 2.05) is 24.3 Å². The third kappa shape index (κ3) is 3.10. The highest BCUT2D eigenvalue weighted by Gasteiger charge is 2.39. The molecule has 0 radical (unpaired) electrons. The molecule has 96 valence electrons. The van der Waals surface area contributed by atoms with Gasteiger partial charge in [-0.25, -0.2) is 0 Å². The predicted octanol–water partition coefficient (Wildman–Crippen LogP) is 2.96. The van der Waals surface area contributed by atoms with Crippen LogP contribution >= 0.6 is 46.0 Å². The topological polar surface area (TPSA) is 49.4 Å². The highest BCUT2D eigenvalue weighted by molar-refractivity contribution is 14.1. The third-order valence-corrected chi connectivity index (χ3v) is 4.24. The van der Waals surface area contributed by atoms with Crippen molar-refractivity contribution in [2.75, 3.05) is 17.7 Å². The van der Waals surface area contributed by atoms with Gasteiger partial charge >= 0.3 is 0 Å². The number of hydrogen-bond acceptors (Lipinski definition) is 4. The summed E-state index contributed by atoms with van der Waals surface area (Å²) >= 11 is 8.75. The van der Waals surface area contributed by atoms with Crippen LogP contribution in [0.2, 0.25) is 0 Å². The summed E-state index contributed by atoms with van der Waals surface area (Å²) in [6, 6.07) is 7.63. The molecule has 1 fully saturated rings. The van der Waals surface area contributed by atoms with E-state index >= 15 is 0 Å². The van der Waals surface area contributed by atoms with Crippen LogP contribution in [-0.4, -0.2) is 33.8 Å². The van der Waals surface area contributed by atoms with E-state index in [-0.39, 0.29) is 23.6 Å². The van der Waals surface area contributed by atoms with Crippen LogP contribution in [0.1, 0.15) is 0 Å². The van der Waals surface area contributed by atoms with Gasteiger partial charge in [0.05, 0.1) is 0 Å². The average molecular weight is 397 g/mol. The molecule has 7 heteroatoms. The van der Waals surface area contributed by atoms with Crippen LogP contribution in [0, 0.1) is 3.57 Å². The lowest BCUT2D eigenvalue weighted by Gasteiger charge is -2.13. The van der Waals surface area contributed by atoms with Gasteiger partial charge in [0.1, 0.15) is 0 Å². The number of rotatable bonds is 4. The minimum absolute atomic E-state index is 0.232. The Labute approximate surface area is 128 Å². The quantitative estimate of drug-likeness (QED) is 0.628. The smallest absolute Gasteiger partial charge is 0.290 e. The molecule has 1 aromatic carbocycles. The van der Waals surface area contributed by atoms with Crippen molar-refractivity contribution in [1.29, 1.82) is 0 Å². The molecule has 0 aromatic heterocycles. The second-order valence-corrected chi connectivity index (χ2v) is 6.27. The van der Waals surface area contributed by atoms with Crippen molar-refractivity contribution in [3.8, 4) is 0 Å². The lowest BCUT2D eigenvalue weighted by atomic mass is 10.3. The Hall–Kier alpha value is -0.470. The minimum atomic E-state index is -0.555. The molecule has 1 aromatic rings. The number of hydrogen-bond donors (Lipinski definition) is 1. The predicted molar refractivity (Wildman–Crippen MR) is 82.0 cm³/mol. The average Bonchev–Trinajstić information content (AvgIpc) is 2.60. The Kier molecular flexibility index (Phi) is 4.74. The normalized spacial score (nSPS) is 19.4. The van der Waals surface area contributed by atoms with Crippen molar-refractivity contribution in [1.82, 2.24) is 4.90 Å². The summed E-state index contributed by atoms with van der Waals surface area (Å²) in [4.78, 5) is 24.7. The molecular formula is C11H10ClIN2O2S. The van der Waals surface area contributed by atoms with Crippen LogP contribution in [0.5, 0.6) is 0 Å². The molecule has 1 aliphatic heterocycles. The number of nitrogens with one attached hydrogen (secondary N) is 1. The standard InChI is InChI=1S/C11H10ClIN2O2S/c12-5-6-15-10(16)9(18-11(15)17)14-8-3-1-7(13)2-4-8/h1-4,9,14H,5-6H2. The summed E-state index contributed by atoms with van der Waals surface area (Å²) in [6.45, 7) is 0.261. The van der Waals surface area contributed by atoms with E-state index in [9.17, 15) is 9.59 Å². The first-order chi connectivity index (χ1) is 8.61. The summed E-state index contributed by atoms with van der Waals surface area (Å²) in [7, 11) is 0. The van der Waals surface area contributed by atoms with Gasteiger partial charge in [0, 0.05) is 21.7 Å². The maximum absolute atomic E-state index is 11.9. The Balaban J connectivity index is 2.05. The molecule has 2 amide bonds. The monoisotopic (exact) mass is 396 g/mol. The second-order valence-electron chi connectivity index (χ2n) is 3.59. The zero-order valence-corrected chi connectivity index (χ0v) is 13.0. The molecule has 1 atom stereocenters. The maximum Gasteiger partial charge on any atom is 0.290 e. The van der Waals surface area contributed by atoms with Crippen molar-refractivity contribution in [3.05, 3.63) is 27.8 Å². The second kappa shape index (κ2) is 6.12. The first kappa shape index (κ1) is 14.0. The number of carbonyl (C=O) groups is 2. The number of anilines is 1. The van der Waals surface area contributed by atoms with Crippen LogP contribution in [0.15, 0.2) is 24.3 Å². The first-order valence-corrected chi connectivity index (χ1v) is 7.71. The van der Waals surface area contributed by atoms with Gasteiger partial charge in [-0.15, -0.1) is 11.6 Å². The van der Waals surface area contributed by atoms with Gasteiger partial charge in [0.2, 0.25) is 0 Å². The number of halogens is 2. The van der Waals surface area contributed by atoms with Gasteiger partial charge in [-0.05, 0) is 58.6 Å². The molecule has 4 nitrogen and oxygen atoms in total. The lowest BCUT2D eigenvalue weighted by molar-refractivity contribution is -0.126.